The molecule has 15 heavy (non-hydrogen) atoms. The quantitative estimate of drug-likeness (QED) is 0.756. The van der Waals surface area contributed by atoms with Gasteiger partial charge >= 0.3 is 0 Å². The van der Waals surface area contributed by atoms with E-state index in [1.54, 1.807) is 0 Å². The van der Waals surface area contributed by atoms with Crippen LogP contribution in [-0.2, 0) is 0 Å². The molecular formula is C12H18N2S. The molecule has 0 spiro atoms. The summed E-state index contributed by atoms with van der Waals surface area (Å²) in [4.78, 5) is 1.32. The van der Waals surface area contributed by atoms with E-state index in [4.69, 9.17) is 11.5 Å². The van der Waals surface area contributed by atoms with Crippen LogP contribution < -0.4 is 11.5 Å². The van der Waals surface area contributed by atoms with Gasteiger partial charge in [0, 0.05) is 21.9 Å². The molecule has 1 saturated carbocycles. The van der Waals surface area contributed by atoms with Gasteiger partial charge in [-0.25, -0.2) is 0 Å². The summed E-state index contributed by atoms with van der Waals surface area (Å²) in [5.41, 5.74) is 12.4. The number of rotatable bonds is 2. The van der Waals surface area contributed by atoms with Crippen LogP contribution in [0.25, 0.3) is 0 Å². The molecule has 0 amide bonds. The molecule has 4 N–H and O–H groups in total. The van der Waals surface area contributed by atoms with Gasteiger partial charge in [-0.05, 0) is 49.9 Å². The lowest BCUT2D eigenvalue weighted by atomic mass is 9.96. The van der Waals surface area contributed by atoms with Crippen LogP contribution in [0.15, 0.2) is 29.2 Å². The predicted molar refractivity (Wildman–Crippen MR) is 66.9 cm³/mol. The van der Waals surface area contributed by atoms with Gasteiger partial charge in [-0.2, -0.15) is 0 Å². The van der Waals surface area contributed by atoms with Crippen molar-refractivity contribution in [3.05, 3.63) is 24.3 Å². The van der Waals surface area contributed by atoms with Crippen molar-refractivity contribution < 1.29 is 0 Å². The molecule has 1 aromatic carbocycles. The predicted octanol–water partition coefficient (Wildman–Crippen LogP) is 2.63. The molecule has 1 aliphatic rings. The first-order valence-corrected chi connectivity index (χ1v) is 6.40. The molecule has 0 radical (unpaired) electrons. The highest BCUT2D eigenvalue weighted by Gasteiger charge is 2.18. The molecule has 82 valence electrons. The average molecular weight is 222 g/mol. The number of hydrogen-bond donors (Lipinski definition) is 2. The summed E-state index contributed by atoms with van der Waals surface area (Å²) in [5, 5.41) is 0.744. The van der Waals surface area contributed by atoms with Crippen LogP contribution in [0, 0.1) is 0 Å². The molecule has 0 atom stereocenters. The molecular weight excluding hydrogens is 204 g/mol. The Balaban J connectivity index is 1.89. The van der Waals surface area contributed by atoms with Crippen LogP contribution in [0.1, 0.15) is 25.7 Å². The van der Waals surface area contributed by atoms with Gasteiger partial charge in [0.05, 0.1) is 0 Å². The number of hydrogen-bond acceptors (Lipinski definition) is 3. The van der Waals surface area contributed by atoms with Crippen LogP contribution >= 0.6 is 11.8 Å². The number of thioether (sulfide) groups is 1. The molecule has 1 aliphatic carbocycles. The number of nitrogens with two attached hydrogens (primary N) is 2. The lowest BCUT2D eigenvalue weighted by Gasteiger charge is -2.25. The minimum absolute atomic E-state index is 0.438. The zero-order valence-electron chi connectivity index (χ0n) is 8.86. The largest absolute Gasteiger partial charge is 0.399 e. The third-order valence-corrected chi connectivity index (χ3v) is 4.25. The summed E-state index contributed by atoms with van der Waals surface area (Å²) in [7, 11) is 0. The highest BCUT2D eigenvalue weighted by atomic mass is 32.2. The maximum atomic E-state index is 5.88. The molecule has 2 rings (SSSR count). The standard InChI is InChI=1S/C12H18N2S/c13-9-1-5-11(6-2-9)15-12-7-3-10(14)4-8-12/h1-2,5-6,10,12H,3-4,7-8,13-14H2. The highest BCUT2D eigenvalue weighted by molar-refractivity contribution is 8.00. The molecule has 1 aromatic rings. The third-order valence-electron chi connectivity index (χ3n) is 2.90. The fraction of sp³-hybridized carbons (Fsp3) is 0.500. The Kier molecular flexibility index (Phi) is 3.54. The Bertz CT molecular complexity index is 302. The maximum Gasteiger partial charge on any atom is 0.0314 e. The normalized spacial score (nSPS) is 26.5. The van der Waals surface area contributed by atoms with Crippen molar-refractivity contribution in [2.24, 2.45) is 5.73 Å². The van der Waals surface area contributed by atoms with Crippen molar-refractivity contribution in [2.45, 2.75) is 41.9 Å². The zero-order chi connectivity index (χ0) is 10.7. The van der Waals surface area contributed by atoms with E-state index in [1.165, 1.54) is 30.6 Å². The Morgan fingerprint density at radius 1 is 1.00 bits per heavy atom. The first-order chi connectivity index (χ1) is 7.24. The van der Waals surface area contributed by atoms with Crippen molar-refractivity contribution >= 4 is 17.4 Å². The molecule has 0 aromatic heterocycles. The number of anilines is 1. The van der Waals surface area contributed by atoms with Crippen molar-refractivity contribution in [1.29, 1.82) is 0 Å². The first-order valence-electron chi connectivity index (χ1n) is 5.52. The number of nitrogen functional groups attached to an aromatic ring is 1. The van der Waals surface area contributed by atoms with Crippen molar-refractivity contribution in [3.8, 4) is 0 Å². The second-order valence-electron chi connectivity index (χ2n) is 4.22. The number of benzene rings is 1. The van der Waals surface area contributed by atoms with Crippen molar-refractivity contribution in [3.63, 3.8) is 0 Å². The summed E-state index contributed by atoms with van der Waals surface area (Å²) in [6, 6.07) is 8.59. The zero-order valence-corrected chi connectivity index (χ0v) is 9.67. The minimum Gasteiger partial charge on any atom is -0.399 e. The average Bonchev–Trinajstić information content (AvgIpc) is 2.25. The van der Waals surface area contributed by atoms with E-state index in [0.717, 1.165) is 10.9 Å². The van der Waals surface area contributed by atoms with E-state index < -0.39 is 0 Å². The molecule has 0 saturated heterocycles. The Morgan fingerprint density at radius 3 is 2.20 bits per heavy atom. The summed E-state index contributed by atoms with van der Waals surface area (Å²) in [6.07, 6.45) is 4.84. The summed E-state index contributed by atoms with van der Waals surface area (Å²) in [6.45, 7) is 0. The second-order valence-corrected chi connectivity index (χ2v) is 5.60. The smallest absolute Gasteiger partial charge is 0.0314 e. The lowest BCUT2D eigenvalue weighted by Crippen LogP contribution is -2.27. The third kappa shape index (κ3) is 3.14. The summed E-state index contributed by atoms with van der Waals surface area (Å²) < 4.78 is 0. The second kappa shape index (κ2) is 4.90. The Hall–Kier alpha value is -0.670. The topological polar surface area (TPSA) is 52.0 Å². The molecule has 2 nitrogen and oxygen atoms in total. The van der Waals surface area contributed by atoms with Gasteiger partial charge in [0.25, 0.3) is 0 Å². The highest BCUT2D eigenvalue weighted by Crippen LogP contribution is 2.33. The monoisotopic (exact) mass is 222 g/mol. The molecule has 0 aliphatic heterocycles. The van der Waals surface area contributed by atoms with E-state index in [1.807, 2.05) is 23.9 Å². The SMILES string of the molecule is Nc1ccc(SC2CCC(N)CC2)cc1. The Labute approximate surface area is 95.4 Å². The van der Waals surface area contributed by atoms with E-state index in [2.05, 4.69) is 12.1 Å². The van der Waals surface area contributed by atoms with Crippen molar-refractivity contribution in [2.75, 3.05) is 5.73 Å². The maximum absolute atomic E-state index is 5.88. The van der Waals surface area contributed by atoms with Gasteiger partial charge in [0.2, 0.25) is 0 Å². The fourth-order valence-corrected chi connectivity index (χ4v) is 3.13. The van der Waals surface area contributed by atoms with E-state index in [0.29, 0.717) is 6.04 Å². The van der Waals surface area contributed by atoms with Crippen LogP contribution in [0.2, 0.25) is 0 Å². The molecule has 0 bridgehead atoms. The van der Waals surface area contributed by atoms with Gasteiger partial charge in [-0.1, -0.05) is 0 Å². The van der Waals surface area contributed by atoms with Crippen molar-refractivity contribution in [1.82, 2.24) is 0 Å². The molecule has 1 fully saturated rings. The van der Waals surface area contributed by atoms with E-state index in [-0.39, 0.29) is 0 Å². The molecule has 0 unspecified atom stereocenters. The summed E-state index contributed by atoms with van der Waals surface area (Å²) >= 11 is 1.96. The van der Waals surface area contributed by atoms with Crippen LogP contribution in [0.5, 0.6) is 0 Å². The van der Waals surface area contributed by atoms with Gasteiger partial charge in [0.15, 0.2) is 0 Å². The lowest BCUT2D eigenvalue weighted by molar-refractivity contribution is 0.451. The Morgan fingerprint density at radius 2 is 1.60 bits per heavy atom. The van der Waals surface area contributed by atoms with Gasteiger partial charge in [-0.3, -0.25) is 0 Å². The minimum atomic E-state index is 0.438. The molecule has 0 heterocycles. The summed E-state index contributed by atoms with van der Waals surface area (Å²) in [5.74, 6) is 0. The van der Waals surface area contributed by atoms with E-state index >= 15 is 0 Å². The van der Waals surface area contributed by atoms with Crippen LogP contribution in [-0.4, -0.2) is 11.3 Å². The van der Waals surface area contributed by atoms with Gasteiger partial charge < -0.3 is 11.5 Å². The first kappa shape index (κ1) is 10.8. The van der Waals surface area contributed by atoms with Crippen LogP contribution in [0.3, 0.4) is 0 Å². The van der Waals surface area contributed by atoms with Crippen LogP contribution in [0.4, 0.5) is 5.69 Å². The fourth-order valence-electron chi connectivity index (χ4n) is 1.95. The molecule has 3 heteroatoms. The van der Waals surface area contributed by atoms with Gasteiger partial charge in [0.1, 0.15) is 0 Å². The van der Waals surface area contributed by atoms with Gasteiger partial charge in [-0.15, -0.1) is 11.8 Å². The van der Waals surface area contributed by atoms with E-state index in [9.17, 15) is 0 Å².